The van der Waals surface area contributed by atoms with Crippen molar-refractivity contribution in [1.29, 1.82) is 0 Å². The summed E-state index contributed by atoms with van der Waals surface area (Å²) >= 11 is 1.88. The van der Waals surface area contributed by atoms with Gasteiger partial charge in [-0.3, -0.25) is 0 Å². The van der Waals surface area contributed by atoms with Crippen molar-refractivity contribution in [3.63, 3.8) is 0 Å². The summed E-state index contributed by atoms with van der Waals surface area (Å²) in [5.74, 6) is 0. The van der Waals surface area contributed by atoms with Gasteiger partial charge >= 0.3 is 0 Å². The Labute approximate surface area is 172 Å². The predicted octanol–water partition coefficient (Wildman–Crippen LogP) is 8.24. The highest BCUT2D eigenvalue weighted by Gasteiger charge is 2.10. The summed E-state index contributed by atoms with van der Waals surface area (Å²) in [7, 11) is -0.698. The predicted molar refractivity (Wildman–Crippen MR) is 131 cm³/mol. The molecule has 0 aliphatic carbocycles. The average molecular weight is 401 g/mol. The lowest BCUT2D eigenvalue weighted by Crippen LogP contribution is -1.92. The van der Waals surface area contributed by atoms with E-state index in [1.165, 1.54) is 52.5 Å². The van der Waals surface area contributed by atoms with Crippen molar-refractivity contribution < 1.29 is 0 Å². The third kappa shape index (κ3) is 3.01. The van der Waals surface area contributed by atoms with Crippen molar-refractivity contribution in [2.24, 2.45) is 0 Å². The summed E-state index contributed by atoms with van der Waals surface area (Å²) in [5.41, 5.74) is 3.90. The average Bonchev–Trinajstić information content (AvgIpc) is 3.03. The molecule has 0 radical (unpaired) electrons. The van der Waals surface area contributed by atoms with E-state index in [1.807, 2.05) is 11.3 Å². The molecule has 1 heterocycles. The van der Waals surface area contributed by atoms with Crippen molar-refractivity contribution in [2.75, 3.05) is 18.8 Å². The molecule has 0 nitrogen and oxygen atoms in total. The fourth-order valence-corrected chi connectivity index (χ4v) is 5.88. The zero-order valence-corrected chi connectivity index (χ0v) is 18.4. The second kappa shape index (κ2) is 6.37. The van der Waals surface area contributed by atoms with Crippen molar-refractivity contribution in [3.05, 3.63) is 78.4 Å². The van der Waals surface area contributed by atoms with E-state index in [-0.39, 0.29) is 0 Å². The number of fused-ring (bicyclic) bond motifs is 4. The number of thiophene rings is 1. The van der Waals surface area contributed by atoms with Crippen molar-refractivity contribution >= 4 is 52.3 Å². The van der Waals surface area contributed by atoms with Crippen molar-refractivity contribution in [2.45, 2.75) is 11.8 Å². The number of aryl methyl sites for hydroxylation is 1. The van der Waals surface area contributed by atoms with E-state index in [4.69, 9.17) is 0 Å². The third-order valence-corrected chi connectivity index (χ3v) is 8.30. The summed E-state index contributed by atoms with van der Waals surface area (Å²) in [6, 6.07) is 27.5. The van der Waals surface area contributed by atoms with Crippen LogP contribution < -0.4 is 0 Å². The fourth-order valence-electron chi connectivity index (χ4n) is 3.86. The smallest absolute Gasteiger partial charge is 0.0355 e. The molecule has 0 bridgehead atoms. The Bertz CT molecular complexity index is 1350. The van der Waals surface area contributed by atoms with E-state index in [2.05, 4.69) is 98.5 Å². The molecule has 28 heavy (non-hydrogen) atoms. The van der Waals surface area contributed by atoms with Gasteiger partial charge in [-0.05, 0) is 95.0 Å². The maximum absolute atomic E-state index is 2.37. The highest BCUT2D eigenvalue weighted by Crippen LogP contribution is 2.46. The Balaban J connectivity index is 1.65. The molecule has 0 aliphatic heterocycles. The minimum atomic E-state index is -0.698. The molecule has 0 saturated heterocycles. The normalized spacial score (nSPS) is 12.9. The van der Waals surface area contributed by atoms with Crippen LogP contribution in [0.1, 0.15) is 5.56 Å². The molecule has 0 amide bonds. The van der Waals surface area contributed by atoms with Gasteiger partial charge in [0.2, 0.25) is 0 Å². The molecule has 0 spiro atoms. The molecule has 0 N–H and O–H groups in total. The van der Waals surface area contributed by atoms with E-state index in [9.17, 15) is 0 Å². The van der Waals surface area contributed by atoms with Gasteiger partial charge in [-0.2, -0.15) is 0 Å². The Morgan fingerprint density at radius 1 is 0.607 bits per heavy atom. The van der Waals surface area contributed by atoms with Gasteiger partial charge in [0.05, 0.1) is 0 Å². The maximum Gasteiger partial charge on any atom is 0.0355 e. The zero-order chi connectivity index (χ0) is 19.5. The molecule has 1 aromatic heterocycles. The maximum atomic E-state index is 2.37. The Hall–Kier alpha value is -2.29. The van der Waals surface area contributed by atoms with Gasteiger partial charge in [-0.25, -0.2) is 10.0 Å². The first-order chi connectivity index (χ1) is 13.4. The first kappa shape index (κ1) is 17.8. The van der Waals surface area contributed by atoms with Crippen LogP contribution in [0.2, 0.25) is 0 Å². The highest BCUT2D eigenvalue weighted by atomic mass is 32.3. The number of rotatable bonds is 2. The summed E-state index contributed by atoms with van der Waals surface area (Å²) in [5, 5.41) is 5.39. The van der Waals surface area contributed by atoms with Gasteiger partial charge in [-0.1, -0.05) is 35.9 Å². The summed E-state index contributed by atoms with van der Waals surface area (Å²) < 4.78 is 2.73. The first-order valence-corrected chi connectivity index (χ1v) is 13.2. The SMILES string of the molecule is Cc1ccc2sc3ccc(-c4ccc5cc(S(C)(C)C)ccc5c4)cc3c2c1. The summed E-state index contributed by atoms with van der Waals surface area (Å²) in [6.07, 6.45) is 7.06. The molecule has 2 heteroatoms. The molecule has 0 aliphatic rings. The standard InChI is InChI=1S/C26H24S2/c1-17-5-11-25-23(13-17)24-16-21(9-12-26(24)27-25)18-6-7-20-15-22(28(2,3)4)10-8-19(20)14-18/h5-16H,1-4H3. The highest BCUT2D eigenvalue weighted by molar-refractivity contribution is 8.32. The minimum absolute atomic E-state index is 0.698. The van der Waals surface area contributed by atoms with E-state index >= 15 is 0 Å². The Kier molecular flexibility index (Phi) is 4.04. The van der Waals surface area contributed by atoms with Crippen LogP contribution in [-0.2, 0) is 0 Å². The summed E-state index contributed by atoms with van der Waals surface area (Å²) in [4.78, 5) is 1.47. The monoisotopic (exact) mass is 400 g/mol. The van der Waals surface area contributed by atoms with Gasteiger partial charge in [-0.15, -0.1) is 11.3 Å². The second-order valence-electron chi connectivity index (χ2n) is 8.37. The van der Waals surface area contributed by atoms with Crippen LogP contribution in [0.15, 0.2) is 77.7 Å². The van der Waals surface area contributed by atoms with Gasteiger partial charge in [0.25, 0.3) is 0 Å². The minimum Gasteiger partial charge on any atom is -0.223 e. The Morgan fingerprint density at radius 3 is 2.00 bits per heavy atom. The summed E-state index contributed by atoms with van der Waals surface area (Å²) in [6.45, 7) is 2.17. The fraction of sp³-hybridized carbons (Fsp3) is 0.154. The van der Waals surface area contributed by atoms with E-state index < -0.39 is 10.0 Å². The topological polar surface area (TPSA) is 0 Å². The molecule has 140 valence electrons. The van der Waals surface area contributed by atoms with Crippen LogP contribution in [0, 0.1) is 6.92 Å². The van der Waals surface area contributed by atoms with Gasteiger partial charge in [0.1, 0.15) is 0 Å². The molecular formula is C26H24S2. The van der Waals surface area contributed by atoms with Crippen LogP contribution in [0.5, 0.6) is 0 Å². The zero-order valence-electron chi connectivity index (χ0n) is 16.7. The molecule has 0 atom stereocenters. The molecular weight excluding hydrogens is 376 g/mol. The molecule has 4 aromatic carbocycles. The molecule has 5 rings (SSSR count). The van der Waals surface area contributed by atoms with Gasteiger partial charge in [0, 0.05) is 20.2 Å². The van der Waals surface area contributed by atoms with Crippen molar-refractivity contribution in [3.8, 4) is 11.1 Å². The van der Waals surface area contributed by atoms with E-state index in [0.29, 0.717) is 0 Å². The molecule has 0 fully saturated rings. The van der Waals surface area contributed by atoms with E-state index in [1.54, 1.807) is 0 Å². The lowest BCUT2D eigenvalue weighted by molar-refractivity contribution is 1.48. The third-order valence-electron chi connectivity index (χ3n) is 5.48. The largest absolute Gasteiger partial charge is 0.223 e. The number of hydrogen-bond donors (Lipinski definition) is 0. The number of hydrogen-bond acceptors (Lipinski definition) is 1. The second-order valence-corrected chi connectivity index (χ2v) is 13.6. The molecule has 0 saturated carbocycles. The van der Waals surface area contributed by atoms with Crippen LogP contribution in [0.25, 0.3) is 42.1 Å². The van der Waals surface area contributed by atoms with E-state index in [0.717, 1.165) is 0 Å². The number of benzene rings is 4. The van der Waals surface area contributed by atoms with Crippen LogP contribution in [0.3, 0.4) is 0 Å². The van der Waals surface area contributed by atoms with Crippen LogP contribution in [-0.4, -0.2) is 18.8 Å². The Morgan fingerprint density at radius 2 is 1.21 bits per heavy atom. The van der Waals surface area contributed by atoms with Crippen molar-refractivity contribution in [1.82, 2.24) is 0 Å². The van der Waals surface area contributed by atoms with Gasteiger partial charge < -0.3 is 0 Å². The van der Waals surface area contributed by atoms with Gasteiger partial charge in [0.15, 0.2) is 0 Å². The first-order valence-electron chi connectivity index (χ1n) is 9.54. The lowest BCUT2D eigenvalue weighted by Gasteiger charge is -2.26. The van der Waals surface area contributed by atoms with Crippen LogP contribution in [0.4, 0.5) is 0 Å². The quantitative estimate of drug-likeness (QED) is 0.280. The van der Waals surface area contributed by atoms with Crippen LogP contribution >= 0.6 is 21.4 Å². The molecule has 5 aromatic rings. The molecule has 0 unspecified atom stereocenters. The lowest BCUT2D eigenvalue weighted by atomic mass is 9.99.